The molecule has 1 N–H and O–H groups in total. The van der Waals surface area contributed by atoms with Gasteiger partial charge in [-0.1, -0.05) is 51.8 Å². The third-order valence-electron chi connectivity index (χ3n) is 8.25. The second-order valence-electron chi connectivity index (χ2n) is 11.1. The quantitative estimate of drug-likeness (QED) is 0.196. The van der Waals surface area contributed by atoms with Crippen molar-refractivity contribution in [3.05, 3.63) is 83.4 Å². The van der Waals surface area contributed by atoms with Crippen LogP contribution in [-0.2, 0) is 19.3 Å². The topological polar surface area (TPSA) is 86.3 Å². The van der Waals surface area contributed by atoms with E-state index in [1.54, 1.807) is 26.4 Å². The smallest absolute Gasteiger partial charge is 0.209 e. The molecule has 0 radical (unpaired) electrons. The van der Waals surface area contributed by atoms with Crippen molar-refractivity contribution >= 4 is 31.5 Å². The van der Waals surface area contributed by atoms with E-state index >= 15 is 0 Å². The normalized spacial score (nSPS) is 21.1. The molecule has 2 aliphatic rings. The molecule has 43 heavy (non-hydrogen) atoms. The summed E-state index contributed by atoms with van der Waals surface area (Å²) in [5.41, 5.74) is 2.33. The molecule has 0 spiro atoms. The van der Waals surface area contributed by atoms with Gasteiger partial charge in [-0.15, -0.1) is 0 Å². The molecule has 1 saturated heterocycles. The summed E-state index contributed by atoms with van der Waals surface area (Å²) in [4.78, 5) is 2.47. The monoisotopic (exact) mass is 672 g/mol. The molecule has 1 unspecified atom stereocenters. The summed E-state index contributed by atoms with van der Waals surface area (Å²) in [6.07, 6.45) is 1.26. The Bertz CT molecular complexity index is 1450. The highest BCUT2D eigenvalue weighted by atomic mass is 79.9. The molecule has 2 aliphatic heterocycles. The van der Waals surface area contributed by atoms with Gasteiger partial charge in [0.2, 0.25) is 9.84 Å². The number of aryl methyl sites for hydroxylation is 1. The third kappa shape index (κ3) is 7.37. The summed E-state index contributed by atoms with van der Waals surface area (Å²) in [6, 6.07) is 20.8. The van der Waals surface area contributed by atoms with E-state index in [4.69, 9.17) is 18.9 Å². The molecule has 3 aromatic rings. The van der Waals surface area contributed by atoms with Gasteiger partial charge in [0.1, 0.15) is 18.1 Å². The van der Waals surface area contributed by atoms with Gasteiger partial charge in [-0.05, 0) is 67.3 Å². The number of hydrogen-bond acceptors (Lipinski definition) is 8. The minimum absolute atomic E-state index is 0.0167. The fourth-order valence-electron chi connectivity index (χ4n) is 5.84. The summed E-state index contributed by atoms with van der Waals surface area (Å²) >= 11 is 3.63. The van der Waals surface area contributed by atoms with Crippen LogP contribution in [0.1, 0.15) is 40.9 Å². The summed E-state index contributed by atoms with van der Waals surface area (Å²) in [5, 5.41) is 4.34. The Morgan fingerprint density at radius 1 is 1.07 bits per heavy atom. The molecule has 0 saturated carbocycles. The summed E-state index contributed by atoms with van der Waals surface area (Å²) < 4.78 is 52.2. The van der Waals surface area contributed by atoms with E-state index in [0.717, 1.165) is 59.6 Å². The fraction of sp³-hybridized carbons (Fsp3) is 0.455. The van der Waals surface area contributed by atoms with Gasteiger partial charge < -0.3 is 29.2 Å². The summed E-state index contributed by atoms with van der Waals surface area (Å²) in [5.74, 6) is 1.50. The predicted molar refractivity (Wildman–Crippen MR) is 173 cm³/mol. The number of methoxy groups -OCH3 is 2. The molecule has 232 valence electrons. The first-order valence-corrected chi connectivity index (χ1v) is 17.4. The van der Waals surface area contributed by atoms with Gasteiger partial charge in [0.25, 0.3) is 0 Å². The molecule has 0 amide bonds. The van der Waals surface area contributed by atoms with Crippen molar-refractivity contribution in [1.29, 1.82) is 0 Å². The largest absolute Gasteiger partial charge is 0.497 e. The number of hydrogen-bond donors (Lipinski definition) is 1. The van der Waals surface area contributed by atoms with Gasteiger partial charge in [-0.25, -0.2) is 8.42 Å². The highest BCUT2D eigenvalue weighted by Crippen LogP contribution is 2.41. The van der Waals surface area contributed by atoms with E-state index in [-0.39, 0.29) is 23.0 Å². The standard InChI is InChI=1S/C33H41BrN2O6S/c1-23-5-12-28(13-6-23)43(37,38)33(25-9-14-31-30(19-25)36(16-18-41-31)15-4-17-39-2)42-32-22-35-26(21-34)20-29(32)24-7-10-27(40-3)11-8-24/h5-14,19,26,29,32-33,35H,4,15-18,20-22H2,1-3H3/t26-,29+,32-,33?/m0/s1. The minimum Gasteiger partial charge on any atom is -0.497 e. The second-order valence-corrected chi connectivity index (χ2v) is 13.8. The van der Waals surface area contributed by atoms with E-state index in [0.29, 0.717) is 25.3 Å². The van der Waals surface area contributed by atoms with Crippen LogP contribution in [-0.4, -0.2) is 73.0 Å². The molecule has 5 rings (SSSR count). The number of ether oxygens (including phenoxy) is 4. The zero-order valence-electron chi connectivity index (χ0n) is 25.0. The number of nitrogens with one attached hydrogen (secondary N) is 1. The number of nitrogens with zero attached hydrogens (tertiary/aromatic N) is 1. The van der Waals surface area contributed by atoms with Crippen LogP contribution < -0.4 is 19.7 Å². The highest BCUT2D eigenvalue weighted by molar-refractivity contribution is 9.09. The molecular formula is C33H41BrN2O6S. The lowest BCUT2D eigenvalue weighted by Gasteiger charge is -2.39. The van der Waals surface area contributed by atoms with Gasteiger partial charge in [0.05, 0.1) is 30.3 Å². The second kappa shape index (κ2) is 14.4. The van der Waals surface area contributed by atoms with Crippen LogP contribution in [0.2, 0.25) is 0 Å². The molecule has 8 nitrogen and oxygen atoms in total. The van der Waals surface area contributed by atoms with Gasteiger partial charge in [0, 0.05) is 44.1 Å². The van der Waals surface area contributed by atoms with Crippen LogP contribution >= 0.6 is 15.9 Å². The first-order valence-electron chi connectivity index (χ1n) is 14.7. The maximum atomic E-state index is 14.4. The Morgan fingerprint density at radius 2 is 1.84 bits per heavy atom. The Morgan fingerprint density at radius 3 is 2.53 bits per heavy atom. The van der Waals surface area contributed by atoms with Crippen LogP contribution in [0.5, 0.6) is 11.5 Å². The van der Waals surface area contributed by atoms with Crippen molar-refractivity contribution in [1.82, 2.24) is 5.32 Å². The van der Waals surface area contributed by atoms with Crippen molar-refractivity contribution in [3.63, 3.8) is 0 Å². The fourth-order valence-corrected chi connectivity index (χ4v) is 7.89. The van der Waals surface area contributed by atoms with Crippen molar-refractivity contribution < 1.29 is 27.4 Å². The van der Waals surface area contributed by atoms with Crippen molar-refractivity contribution in [2.45, 2.75) is 48.2 Å². The molecular weight excluding hydrogens is 632 g/mol. The molecule has 3 aromatic carbocycles. The predicted octanol–water partition coefficient (Wildman–Crippen LogP) is 5.64. The van der Waals surface area contributed by atoms with E-state index in [1.807, 2.05) is 61.5 Å². The van der Waals surface area contributed by atoms with E-state index < -0.39 is 15.3 Å². The average Bonchev–Trinajstić information content (AvgIpc) is 3.04. The SMILES string of the molecule is COCCCN1CCOc2ccc(C(O[C@H]3CN[C@H](CBr)C[C@@H]3c3ccc(OC)cc3)S(=O)(=O)c3ccc(C)cc3)cc21. The first kappa shape index (κ1) is 31.8. The number of sulfone groups is 1. The van der Waals surface area contributed by atoms with Crippen molar-refractivity contribution in [2.75, 3.05) is 57.3 Å². The van der Waals surface area contributed by atoms with Gasteiger partial charge in [-0.2, -0.15) is 0 Å². The highest BCUT2D eigenvalue weighted by Gasteiger charge is 2.39. The lowest BCUT2D eigenvalue weighted by molar-refractivity contribution is -0.00450. The average molecular weight is 674 g/mol. The van der Waals surface area contributed by atoms with Crippen molar-refractivity contribution in [2.24, 2.45) is 0 Å². The molecule has 4 atom stereocenters. The zero-order valence-corrected chi connectivity index (χ0v) is 27.4. The Balaban J connectivity index is 1.54. The van der Waals surface area contributed by atoms with Crippen molar-refractivity contribution in [3.8, 4) is 11.5 Å². The molecule has 0 bridgehead atoms. The maximum absolute atomic E-state index is 14.4. The Labute approximate surface area is 263 Å². The number of benzene rings is 3. The van der Waals surface area contributed by atoms with Gasteiger partial charge in [-0.3, -0.25) is 0 Å². The van der Waals surface area contributed by atoms with Crippen LogP contribution in [0, 0.1) is 6.92 Å². The number of fused-ring (bicyclic) bond motifs is 1. The molecule has 1 fully saturated rings. The molecule has 0 aromatic heterocycles. The molecule has 2 heterocycles. The summed E-state index contributed by atoms with van der Waals surface area (Å²) in [6.45, 7) is 5.19. The maximum Gasteiger partial charge on any atom is 0.209 e. The van der Waals surface area contributed by atoms with E-state index in [2.05, 4.69) is 26.1 Å². The van der Waals surface area contributed by atoms with Crippen LogP contribution in [0.4, 0.5) is 5.69 Å². The van der Waals surface area contributed by atoms with E-state index in [1.165, 1.54) is 0 Å². The van der Waals surface area contributed by atoms with Crippen LogP contribution in [0.25, 0.3) is 0 Å². The number of anilines is 1. The molecule has 10 heteroatoms. The van der Waals surface area contributed by atoms with Gasteiger partial charge in [0.15, 0.2) is 5.44 Å². The number of rotatable bonds is 12. The Hall–Kier alpha value is -2.63. The zero-order chi connectivity index (χ0) is 30.4. The number of halogens is 1. The third-order valence-corrected chi connectivity index (χ3v) is 10.9. The van der Waals surface area contributed by atoms with E-state index in [9.17, 15) is 8.42 Å². The number of piperidine rings is 1. The first-order chi connectivity index (χ1) is 20.8. The van der Waals surface area contributed by atoms with Gasteiger partial charge >= 0.3 is 0 Å². The Kier molecular flexibility index (Phi) is 10.7. The minimum atomic E-state index is -3.93. The number of alkyl halides is 1. The summed E-state index contributed by atoms with van der Waals surface area (Å²) in [7, 11) is -0.584. The molecule has 0 aliphatic carbocycles. The lowest BCUT2D eigenvalue weighted by atomic mass is 9.84. The lowest BCUT2D eigenvalue weighted by Crippen LogP contribution is -2.48. The van der Waals surface area contributed by atoms with Crippen LogP contribution in [0.15, 0.2) is 71.6 Å². The van der Waals surface area contributed by atoms with Crippen LogP contribution in [0.3, 0.4) is 0 Å².